The molecule has 7 heteroatoms. The van der Waals surface area contributed by atoms with Crippen LogP contribution in [0.15, 0.2) is 54.7 Å². The molecule has 4 rings (SSSR count). The van der Waals surface area contributed by atoms with Gasteiger partial charge in [-0.25, -0.2) is 9.48 Å². The Morgan fingerprint density at radius 2 is 1.88 bits per heavy atom. The molecule has 124 valence electrons. The first-order valence-electron chi connectivity index (χ1n) is 7.40. The van der Waals surface area contributed by atoms with Gasteiger partial charge in [0, 0.05) is 22.7 Å². The Kier molecular flexibility index (Phi) is 3.75. The fraction of sp³-hybridized carbons (Fsp3) is 0. The molecule has 4 aromatic rings. The predicted octanol–water partition coefficient (Wildman–Crippen LogP) is 5.03. The van der Waals surface area contributed by atoms with Gasteiger partial charge in [-0.3, -0.25) is 0 Å². The highest BCUT2D eigenvalue weighted by atomic mass is 35.5. The molecule has 0 spiro atoms. The summed E-state index contributed by atoms with van der Waals surface area (Å²) in [4.78, 5) is 14.6. The second kappa shape index (κ2) is 5.95. The molecule has 0 unspecified atom stereocenters. The summed E-state index contributed by atoms with van der Waals surface area (Å²) in [6.07, 6.45) is 1.83. The van der Waals surface area contributed by atoms with Crippen LogP contribution in [-0.4, -0.2) is 25.8 Å². The summed E-state index contributed by atoms with van der Waals surface area (Å²) in [5.74, 6) is -1.10. The summed E-state index contributed by atoms with van der Waals surface area (Å²) in [5.41, 5.74) is 3.03. The maximum absolute atomic E-state index is 11.4. The van der Waals surface area contributed by atoms with Gasteiger partial charge in [0.05, 0.1) is 21.4 Å². The monoisotopic (exact) mass is 371 g/mol. The first kappa shape index (κ1) is 15.7. The van der Waals surface area contributed by atoms with Gasteiger partial charge in [-0.2, -0.15) is 5.10 Å². The molecular formula is C18H11Cl2N3O2. The number of carbonyl (C=O) groups is 1. The number of aromatic carboxylic acids is 1. The van der Waals surface area contributed by atoms with Gasteiger partial charge < -0.3 is 10.1 Å². The van der Waals surface area contributed by atoms with Crippen LogP contribution >= 0.6 is 23.2 Å². The van der Waals surface area contributed by atoms with Crippen molar-refractivity contribution in [3.63, 3.8) is 0 Å². The number of para-hydroxylation sites is 1. The molecule has 0 radical (unpaired) electrons. The number of aromatic nitrogens is 3. The van der Waals surface area contributed by atoms with E-state index in [0.717, 1.165) is 16.5 Å². The molecule has 0 amide bonds. The van der Waals surface area contributed by atoms with Crippen molar-refractivity contribution in [2.24, 2.45) is 0 Å². The molecule has 2 aromatic heterocycles. The zero-order valence-corrected chi connectivity index (χ0v) is 14.2. The molecule has 2 heterocycles. The number of nitrogens with zero attached hydrogens (tertiary/aromatic N) is 2. The van der Waals surface area contributed by atoms with Gasteiger partial charge in [0.1, 0.15) is 0 Å². The van der Waals surface area contributed by atoms with Crippen molar-refractivity contribution in [3.8, 4) is 16.9 Å². The van der Waals surface area contributed by atoms with Crippen LogP contribution in [0.5, 0.6) is 0 Å². The SMILES string of the molecule is O=C(O)c1cc(-c2c[nH]c3ccccc23)n(-c2ccc(Cl)c(Cl)c2)n1. The van der Waals surface area contributed by atoms with E-state index in [1.807, 2.05) is 30.5 Å². The number of fused-ring (bicyclic) bond motifs is 1. The molecule has 5 nitrogen and oxygen atoms in total. The van der Waals surface area contributed by atoms with Crippen molar-refractivity contribution >= 4 is 40.1 Å². The highest BCUT2D eigenvalue weighted by Gasteiger charge is 2.18. The summed E-state index contributed by atoms with van der Waals surface area (Å²) in [7, 11) is 0. The number of carboxylic acid groups (broad SMARTS) is 1. The molecule has 0 aliphatic carbocycles. The molecule has 0 aliphatic rings. The number of halogens is 2. The third-order valence-corrected chi connectivity index (χ3v) is 4.68. The van der Waals surface area contributed by atoms with Crippen LogP contribution in [0.4, 0.5) is 0 Å². The first-order chi connectivity index (χ1) is 12.0. The summed E-state index contributed by atoms with van der Waals surface area (Å²) < 4.78 is 1.56. The fourth-order valence-electron chi connectivity index (χ4n) is 2.77. The van der Waals surface area contributed by atoms with Crippen LogP contribution < -0.4 is 0 Å². The summed E-state index contributed by atoms with van der Waals surface area (Å²) in [5, 5.41) is 15.3. The Labute approximate surface area is 152 Å². The largest absolute Gasteiger partial charge is 0.476 e. The van der Waals surface area contributed by atoms with Gasteiger partial charge in [0.15, 0.2) is 5.69 Å². The Morgan fingerprint density at radius 3 is 2.64 bits per heavy atom. The van der Waals surface area contributed by atoms with E-state index in [1.165, 1.54) is 0 Å². The van der Waals surface area contributed by atoms with Crippen LogP contribution in [0.25, 0.3) is 27.8 Å². The lowest BCUT2D eigenvalue weighted by Crippen LogP contribution is -2.02. The topological polar surface area (TPSA) is 70.9 Å². The number of rotatable bonds is 3. The van der Waals surface area contributed by atoms with Gasteiger partial charge in [0.2, 0.25) is 0 Å². The lowest BCUT2D eigenvalue weighted by Gasteiger charge is -2.08. The van der Waals surface area contributed by atoms with Crippen LogP contribution in [0.2, 0.25) is 10.0 Å². The minimum atomic E-state index is -1.10. The molecule has 2 N–H and O–H groups in total. The molecular weight excluding hydrogens is 361 g/mol. The van der Waals surface area contributed by atoms with Gasteiger partial charge in [-0.05, 0) is 30.3 Å². The molecule has 0 fully saturated rings. The molecule has 0 atom stereocenters. The Balaban J connectivity index is 1.98. The van der Waals surface area contributed by atoms with Crippen LogP contribution in [0.1, 0.15) is 10.5 Å². The van der Waals surface area contributed by atoms with Crippen LogP contribution in [-0.2, 0) is 0 Å². The standard InChI is InChI=1S/C18H11Cl2N3O2/c19-13-6-5-10(7-14(13)20)23-17(8-16(22-23)18(24)25)12-9-21-15-4-2-1-3-11(12)15/h1-9,21H,(H,24,25). The molecule has 25 heavy (non-hydrogen) atoms. The fourth-order valence-corrected chi connectivity index (χ4v) is 3.07. The number of H-pyrrole nitrogens is 1. The third kappa shape index (κ3) is 2.67. The average Bonchev–Trinajstić information content (AvgIpc) is 3.21. The number of carboxylic acids is 1. The summed E-state index contributed by atoms with van der Waals surface area (Å²) >= 11 is 12.1. The van der Waals surface area contributed by atoms with E-state index >= 15 is 0 Å². The first-order valence-corrected chi connectivity index (χ1v) is 8.15. The number of hydrogen-bond acceptors (Lipinski definition) is 2. The van der Waals surface area contributed by atoms with E-state index in [0.29, 0.717) is 21.4 Å². The maximum atomic E-state index is 11.4. The zero-order chi connectivity index (χ0) is 17.6. The molecule has 0 saturated heterocycles. The number of nitrogens with one attached hydrogen (secondary N) is 1. The van der Waals surface area contributed by atoms with E-state index in [1.54, 1.807) is 28.9 Å². The van der Waals surface area contributed by atoms with Gasteiger partial charge in [-0.1, -0.05) is 41.4 Å². The van der Waals surface area contributed by atoms with Crippen molar-refractivity contribution in [3.05, 3.63) is 70.5 Å². The highest BCUT2D eigenvalue weighted by molar-refractivity contribution is 6.42. The zero-order valence-electron chi connectivity index (χ0n) is 12.7. The van der Waals surface area contributed by atoms with Crippen LogP contribution in [0, 0.1) is 0 Å². The van der Waals surface area contributed by atoms with Gasteiger partial charge >= 0.3 is 5.97 Å². The number of benzene rings is 2. The minimum absolute atomic E-state index is 0.0497. The van der Waals surface area contributed by atoms with E-state index in [4.69, 9.17) is 23.2 Å². The summed E-state index contributed by atoms with van der Waals surface area (Å²) in [6.45, 7) is 0. The Hall–Kier alpha value is -2.76. The van der Waals surface area contributed by atoms with Gasteiger partial charge in [-0.15, -0.1) is 0 Å². The molecule has 0 bridgehead atoms. The van der Waals surface area contributed by atoms with E-state index in [-0.39, 0.29) is 5.69 Å². The maximum Gasteiger partial charge on any atom is 0.356 e. The quantitative estimate of drug-likeness (QED) is 0.530. The second-order valence-electron chi connectivity index (χ2n) is 5.48. The second-order valence-corrected chi connectivity index (χ2v) is 6.29. The average molecular weight is 372 g/mol. The molecule has 2 aromatic carbocycles. The van der Waals surface area contributed by atoms with Crippen molar-refractivity contribution < 1.29 is 9.90 Å². The van der Waals surface area contributed by atoms with E-state index in [9.17, 15) is 9.90 Å². The van der Waals surface area contributed by atoms with Gasteiger partial charge in [0.25, 0.3) is 0 Å². The smallest absolute Gasteiger partial charge is 0.356 e. The lowest BCUT2D eigenvalue weighted by molar-refractivity contribution is 0.0690. The number of hydrogen-bond donors (Lipinski definition) is 2. The predicted molar refractivity (Wildman–Crippen MR) is 97.8 cm³/mol. The van der Waals surface area contributed by atoms with Crippen molar-refractivity contribution in [1.82, 2.24) is 14.8 Å². The van der Waals surface area contributed by atoms with Crippen molar-refractivity contribution in [2.45, 2.75) is 0 Å². The van der Waals surface area contributed by atoms with Crippen LogP contribution in [0.3, 0.4) is 0 Å². The normalized spacial score (nSPS) is 11.1. The summed E-state index contributed by atoms with van der Waals surface area (Å²) in [6, 6.07) is 14.4. The lowest BCUT2D eigenvalue weighted by atomic mass is 10.1. The highest BCUT2D eigenvalue weighted by Crippen LogP contribution is 2.32. The van der Waals surface area contributed by atoms with Crippen molar-refractivity contribution in [1.29, 1.82) is 0 Å². The van der Waals surface area contributed by atoms with E-state index < -0.39 is 5.97 Å². The molecule has 0 aliphatic heterocycles. The van der Waals surface area contributed by atoms with Crippen molar-refractivity contribution in [2.75, 3.05) is 0 Å². The minimum Gasteiger partial charge on any atom is -0.476 e. The van der Waals surface area contributed by atoms with E-state index in [2.05, 4.69) is 10.1 Å². The molecule has 0 saturated carbocycles. The Bertz CT molecular complexity index is 1110. The Morgan fingerprint density at radius 1 is 1.08 bits per heavy atom. The third-order valence-electron chi connectivity index (χ3n) is 3.94. The number of aromatic amines is 1.